The summed E-state index contributed by atoms with van der Waals surface area (Å²) in [6.45, 7) is 3.96. The van der Waals surface area contributed by atoms with Gasteiger partial charge in [-0.15, -0.1) is 0 Å². The molecule has 1 rings (SSSR count). The van der Waals surface area contributed by atoms with E-state index < -0.39 is 6.04 Å². The molecule has 5 nitrogen and oxygen atoms in total. The summed E-state index contributed by atoms with van der Waals surface area (Å²) in [6, 6.07) is 8.34. The van der Waals surface area contributed by atoms with E-state index in [1.165, 1.54) is 6.08 Å². The van der Waals surface area contributed by atoms with Gasteiger partial charge in [-0.3, -0.25) is 9.59 Å². The number of nitriles is 1. The predicted molar refractivity (Wildman–Crippen MR) is 76.5 cm³/mol. The van der Waals surface area contributed by atoms with E-state index in [0.717, 1.165) is 5.56 Å². The minimum Gasteiger partial charge on any atom is -0.355 e. The van der Waals surface area contributed by atoms with E-state index in [1.54, 1.807) is 37.3 Å². The van der Waals surface area contributed by atoms with E-state index in [9.17, 15) is 9.59 Å². The Kier molecular flexibility index (Phi) is 5.98. The fourth-order valence-electron chi connectivity index (χ4n) is 1.54. The van der Waals surface area contributed by atoms with Gasteiger partial charge in [0.25, 0.3) is 0 Å². The number of carbonyl (C=O) groups excluding carboxylic acids is 2. The highest BCUT2D eigenvalue weighted by Gasteiger charge is 2.12. The van der Waals surface area contributed by atoms with Gasteiger partial charge in [-0.25, -0.2) is 0 Å². The molecule has 0 radical (unpaired) electrons. The van der Waals surface area contributed by atoms with Crippen molar-refractivity contribution in [2.45, 2.75) is 19.9 Å². The van der Waals surface area contributed by atoms with Crippen molar-refractivity contribution in [3.05, 3.63) is 41.5 Å². The molecule has 0 bridgehead atoms. The minimum atomic E-state index is -0.586. The molecule has 1 aromatic rings. The first-order valence-corrected chi connectivity index (χ1v) is 6.33. The fraction of sp³-hybridized carbons (Fsp3) is 0.267. The zero-order chi connectivity index (χ0) is 15.0. The SMILES string of the molecule is CCNC(=O)C(C)NC(=O)C=Cc1cccc(C#N)c1. The Hall–Kier alpha value is -2.61. The van der Waals surface area contributed by atoms with Crippen LogP contribution in [-0.4, -0.2) is 24.4 Å². The maximum Gasteiger partial charge on any atom is 0.244 e. The summed E-state index contributed by atoms with van der Waals surface area (Å²) < 4.78 is 0. The van der Waals surface area contributed by atoms with Crippen molar-refractivity contribution in [1.82, 2.24) is 10.6 Å². The van der Waals surface area contributed by atoms with E-state index in [4.69, 9.17) is 5.26 Å². The smallest absolute Gasteiger partial charge is 0.244 e. The van der Waals surface area contributed by atoms with Crippen LogP contribution in [0.15, 0.2) is 30.3 Å². The molecule has 0 aliphatic carbocycles. The van der Waals surface area contributed by atoms with Crippen LogP contribution in [0.25, 0.3) is 6.08 Å². The molecule has 0 spiro atoms. The van der Waals surface area contributed by atoms with Crippen LogP contribution in [0.2, 0.25) is 0 Å². The molecule has 104 valence electrons. The van der Waals surface area contributed by atoms with Crippen LogP contribution in [0.1, 0.15) is 25.0 Å². The molecule has 0 fully saturated rings. The largest absolute Gasteiger partial charge is 0.355 e. The average molecular weight is 271 g/mol. The molecule has 1 atom stereocenters. The van der Waals surface area contributed by atoms with Gasteiger partial charge < -0.3 is 10.6 Å². The molecule has 0 saturated heterocycles. The molecule has 1 unspecified atom stereocenters. The summed E-state index contributed by atoms with van der Waals surface area (Å²) >= 11 is 0. The van der Waals surface area contributed by atoms with Crippen molar-refractivity contribution in [2.24, 2.45) is 0 Å². The lowest BCUT2D eigenvalue weighted by Gasteiger charge is -2.11. The summed E-state index contributed by atoms with van der Waals surface area (Å²) in [5, 5.41) is 14.0. The van der Waals surface area contributed by atoms with E-state index >= 15 is 0 Å². The molecule has 0 saturated carbocycles. The zero-order valence-electron chi connectivity index (χ0n) is 11.5. The van der Waals surface area contributed by atoms with E-state index in [1.807, 2.05) is 13.0 Å². The highest BCUT2D eigenvalue weighted by atomic mass is 16.2. The molecular formula is C15H17N3O2. The number of amides is 2. The normalized spacial score (nSPS) is 11.7. The van der Waals surface area contributed by atoms with Crippen molar-refractivity contribution in [3.8, 4) is 6.07 Å². The second-order valence-electron chi connectivity index (χ2n) is 4.20. The van der Waals surface area contributed by atoms with Gasteiger partial charge in [0, 0.05) is 12.6 Å². The van der Waals surface area contributed by atoms with Crippen molar-refractivity contribution in [1.29, 1.82) is 5.26 Å². The Morgan fingerprint density at radius 3 is 2.85 bits per heavy atom. The number of hydrogen-bond donors (Lipinski definition) is 2. The maximum absolute atomic E-state index is 11.6. The second kappa shape index (κ2) is 7.74. The predicted octanol–water partition coefficient (Wildman–Crippen LogP) is 1.21. The number of nitrogens with one attached hydrogen (secondary N) is 2. The molecule has 0 aromatic heterocycles. The summed E-state index contributed by atoms with van der Waals surface area (Å²) in [5.74, 6) is -0.577. The first-order valence-electron chi connectivity index (χ1n) is 6.33. The second-order valence-corrected chi connectivity index (χ2v) is 4.20. The van der Waals surface area contributed by atoms with Crippen molar-refractivity contribution in [2.75, 3.05) is 6.54 Å². The van der Waals surface area contributed by atoms with Gasteiger partial charge in [0.1, 0.15) is 6.04 Å². The summed E-state index contributed by atoms with van der Waals surface area (Å²) in [6.07, 6.45) is 2.94. The lowest BCUT2D eigenvalue weighted by molar-refractivity contribution is -0.126. The molecule has 5 heteroatoms. The highest BCUT2D eigenvalue weighted by Crippen LogP contribution is 2.05. The Morgan fingerprint density at radius 2 is 2.20 bits per heavy atom. The Morgan fingerprint density at radius 1 is 1.45 bits per heavy atom. The third-order valence-corrected chi connectivity index (χ3v) is 2.55. The molecule has 20 heavy (non-hydrogen) atoms. The van der Waals surface area contributed by atoms with Gasteiger partial charge in [-0.05, 0) is 37.6 Å². The molecule has 2 amide bonds. The van der Waals surface area contributed by atoms with Crippen LogP contribution < -0.4 is 10.6 Å². The van der Waals surface area contributed by atoms with E-state index in [0.29, 0.717) is 12.1 Å². The van der Waals surface area contributed by atoms with Crippen molar-refractivity contribution in [3.63, 3.8) is 0 Å². The van der Waals surface area contributed by atoms with Crippen molar-refractivity contribution < 1.29 is 9.59 Å². The van der Waals surface area contributed by atoms with E-state index in [-0.39, 0.29) is 11.8 Å². The number of nitrogens with zero attached hydrogens (tertiary/aromatic N) is 1. The molecule has 0 aliphatic rings. The van der Waals surface area contributed by atoms with Gasteiger partial charge in [0.2, 0.25) is 11.8 Å². The molecule has 0 aliphatic heterocycles. The standard InChI is InChI=1S/C15H17N3O2/c1-3-17-15(20)11(2)18-14(19)8-7-12-5-4-6-13(9-12)10-16/h4-9,11H,3H2,1-2H3,(H,17,20)(H,18,19). The summed E-state index contributed by atoms with van der Waals surface area (Å²) in [5.41, 5.74) is 1.29. The summed E-state index contributed by atoms with van der Waals surface area (Å²) in [7, 11) is 0. The molecule has 1 aromatic carbocycles. The quantitative estimate of drug-likeness (QED) is 0.790. The number of carbonyl (C=O) groups is 2. The van der Waals surface area contributed by atoms with E-state index in [2.05, 4.69) is 10.6 Å². The van der Waals surface area contributed by atoms with Crippen LogP contribution in [0, 0.1) is 11.3 Å². The topological polar surface area (TPSA) is 82.0 Å². The Bertz CT molecular complexity index is 558. The fourth-order valence-corrected chi connectivity index (χ4v) is 1.54. The third kappa shape index (κ3) is 4.94. The number of likely N-dealkylation sites (N-methyl/N-ethyl adjacent to an activating group) is 1. The Balaban J connectivity index is 2.59. The lowest BCUT2D eigenvalue weighted by Crippen LogP contribution is -2.44. The Labute approximate surface area is 118 Å². The number of hydrogen-bond acceptors (Lipinski definition) is 3. The lowest BCUT2D eigenvalue weighted by atomic mass is 10.1. The monoisotopic (exact) mass is 271 g/mol. The van der Waals surface area contributed by atoms with Crippen LogP contribution in [-0.2, 0) is 9.59 Å². The van der Waals surface area contributed by atoms with Crippen molar-refractivity contribution >= 4 is 17.9 Å². The molecule has 2 N–H and O–H groups in total. The first kappa shape index (κ1) is 15.4. The third-order valence-electron chi connectivity index (χ3n) is 2.55. The maximum atomic E-state index is 11.6. The number of rotatable bonds is 5. The van der Waals surface area contributed by atoms with Crippen LogP contribution >= 0.6 is 0 Å². The average Bonchev–Trinajstić information content (AvgIpc) is 2.45. The van der Waals surface area contributed by atoms with Gasteiger partial charge in [0.15, 0.2) is 0 Å². The highest BCUT2D eigenvalue weighted by molar-refractivity contribution is 5.95. The van der Waals surface area contributed by atoms with Gasteiger partial charge in [-0.1, -0.05) is 12.1 Å². The van der Waals surface area contributed by atoms with Crippen LogP contribution in [0.4, 0.5) is 0 Å². The molecule has 0 heterocycles. The summed E-state index contributed by atoms with van der Waals surface area (Å²) in [4.78, 5) is 23.1. The van der Waals surface area contributed by atoms with Crippen LogP contribution in [0.5, 0.6) is 0 Å². The first-order chi connectivity index (χ1) is 9.56. The van der Waals surface area contributed by atoms with Gasteiger partial charge >= 0.3 is 0 Å². The molecular weight excluding hydrogens is 254 g/mol. The van der Waals surface area contributed by atoms with Gasteiger partial charge in [0.05, 0.1) is 11.6 Å². The van der Waals surface area contributed by atoms with Crippen LogP contribution in [0.3, 0.4) is 0 Å². The zero-order valence-corrected chi connectivity index (χ0v) is 11.5. The minimum absolute atomic E-state index is 0.222. The van der Waals surface area contributed by atoms with Gasteiger partial charge in [-0.2, -0.15) is 5.26 Å². The number of benzene rings is 1.